The highest BCUT2D eigenvalue weighted by Crippen LogP contribution is 2.42. The lowest BCUT2D eigenvalue weighted by molar-refractivity contribution is 0.100. The number of rotatable bonds is 7. The molecule has 1 aliphatic carbocycles. The van der Waals surface area contributed by atoms with Gasteiger partial charge in [0, 0.05) is 6.04 Å². The minimum Gasteiger partial charge on any atom is -0.314 e. The van der Waals surface area contributed by atoms with Gasteiger partial charge < -0.3 is 5.32 Å². The van der Waals surface area contributed by atoms with Crippen LogP contribution in [-0.4, -0.2) is 12.6 Å². The molecule has 1 heteroatoms. The Morgan fingerprint density at radius 2 is 1.80 bits per heavy atom. The van der Waals surface area contributed by atoms with Crippen molar-refractivity contribution in [2.75, 3.05) is 6.54 Å². The summed E-state index contributed by atoms with van der Waals surface area (Å²) in [5.74, 6) is 2.72. The maximum atomic E-state index is 3.84. The molecule has 0 heterocycles. The van der Waals surface area contributed by atoms with Crippen LogP contribution in [0, 0.1) is 23.2 Å². The van der Waals surface area contributed by atoms with Gasteiger partial charge in [-0.15, -0.1) is 0 Å². The van der Waals surface area contributed by atoms with Crippen molar-refractivity contribution in [1.29, 1.82) is 0 Å². The quantitative estimate of drug-likeness (QED) is 0.636. The normalized spacial score (nSPS) is 29.4. The standard InChI is InChI=1S/C19H39N/c1-7-9-15(3)13-16-14-17(19(4,5)6)10-11-18(16)20-12-8-2/h15-18,20H,7-14H2,1-6H3. The van der Waals surface area contributed by atoms with E-state index in [1.165, 1.54) is 51.5 Å². The zero-order valence-electron chi connectivity index (χ0n) is 15.0. The summed E-state index contributed by atoms with van der Waals surface area (Å²) in [5.41, 5.74) is 0.488. The summed E-state index contributed by atoms with van der Waals surface area (Å²) >= 11 is 0. The van der Waals surface area contributed by atoms with Gasteiger partial charge in [-0.05, 0) is 61.8 Å². The lowest BCUT2D eigenvalue weighted by Gasteiger charge is -2.43. The van der Waals surface area contributed by atoms with E-state index in [0.29, 0.717) is 5.41 Å². The third kappa shape index (κ3) is 5.76. The molecule has 0 aromatic carbocycles. The smallest absolute Gasteiger partial charge is 0.00956 e. The third-order valence-electron chi connectivity index (χ3n) is 5.35. The van der Waals surface area contributed by atoms with Gasteiger partial charge in [-0.1, -0.05) is 54.4 Å². The molecule has 0 aromatic rings. The first-order chi connectivity index (χ1) is 9.38. The average molecular weight is 282 g/mol. The molecule has 0 aromatic heterocycles. The van der Waals surface area contributed by atoms with Crippen LogP contribution in [0.4, 0.5) is 0 Å². The van der Waals surface area contributed by atoms with Gasteiger partial charge in [0.15, 0.2) is 0 Å². The van der Waals surface area contributed by atoms with E-state index in [2.05, 4.69) is 46.9 Å². The summed E-state index contributed by atoms with van der Waals surface area (Å²) in [5, 5.41) is 3.84. The molecule has 1 N–H and O–H groups in total. The minimum atomic E-state index is 0.488. The predicted molar refractivity (Wildman–Crippen MR) is 91.1 cm³/mol. The van der Waals surface area contributed by atoms with Crippen LogP contribution in [0.1, 0.15) is 86.5 Å². The van der Waals surface area contributed by atoms with Crippen molar-refractivity contribution >= 4 is 0 Å². The molecule has 1 rings (SSSR count). The highest BCUT2D eigenvalue weighted by atomic mass is 14.9. The molecule has 120 valence electrons. The molecule has 0 saturated heterocycles. The number of hydrogen-bond donors (Lipinski definition) is 1. The Labute approximate surface area is 128 Å². The van der Waals surface area contributed by atoms with Gasteiger partial charge >= 0.3 is 0 Å². The van der Waals surface area contributed by atoms with E-state index in [1.54, 1.807) is 0 Å². The molecule has 4 atom stereocenters. The fourth-order valence-corrected chi connectivity index (χ4v) is 4.04. The van der Waals surface area contributed by atoms with Crippen molar-refractivity contribution in [2.24, 2.45) is 23.2 Å². The first-order valence-corrected chi connectivity index (χ1v) is 9.11. The predicted octanol–water partition coefficient (Wildman–Crippen LogP) is 5.64. The molecule has 1 fully saturated rings. The van der Waals surface area contributed by atoms with E-state index in [0.717, 1.165) is 23.8 Å². The van der Waals surface area contributed by atoms with Crippen LogP contribution in [0.15, 0.2) is 0 Å². The van der Waals surface area contributed by atoms with Gasteiger partial charge in [-0.2, -0.15) is 0 Å². The maximum absolute atomic E-state index is 3.84. The highest BCUT2D eigenvalue weighted by molar-refractivity contribution is 4.89. The minimum absolute atomic E-state index is 0.488. The van der Waals surface area contributed by atoms with Crippen LogP contribution in [0.2, 0.25) is 0 Å². The van der Waals surface area contributed by atoms with Crippen molar-refractivity contribution in [3.8, 4) is 0 Å². The van der Waals surface area contributed by atoms with E-state index in [9.17, 15) is 0 Å². The Hall–Kier alpha value is -0.0400. The van der Waals surface area contributed by atoms with Crippen molar-refractivity contribution in [1.82, 2.24) is 5.32 Å². The summed E-state index contributed by atoms with van der Waals surface area (Å²) in [6, 6.07) is 0.785. The second kappa shape index (κ2) is 8.41. The fourth-order valence-electron chi connectivity index (χ4n) is 4.04. The summed E-state index contributed by atoms with van der Waals surface area (Å²) in [6.07, 6.45) is 9.69. The van der Waals surface area contributed by atoms with Crippen LogP contribution >= 0.6 is 0 Å². The zero-order chi connectivity index (χ0) is 15.2. The molecular formula is C19H39N. The lowest BCUT2D eigenvalue weighted by atomic mass is 9.66. The Kier molecular flexibility index (Phi) is 7.58. The van der Waals surface area contributed by atoms with Crippen molar-refractivity contribution in [2.45, 2.75) is 92.5 Å². The zero-order valence-corrected chi connectivity index (χ0v) is 15.0. The Bertz CT molecular complexity index is 253. The van der Waals surface area contributed by atoms with Gasteiger partial charge in [0.25, 0.3) is 0 Å². The third-order valence-corrected chi connectivity index (χ3v) is 5.35. The largest absolute Gasteiger partial charge is 0.314 e. The number of hydrogen-bond acceptors (Lipinski definition) is 1. The highest BCUT2D eigenvalue weighted by Gasteiger charge is 2.35. The fraction of sp³-hybridized carbons (Fsp3) is 1.00. The molecular weight excluding hydrogens is 242 g/mol. The Morgan fingerprint density at radius 3 is 2.35 bits per heavy atom. The molecule has 1 aliphatic rings. The first kappa shape index (κ1) is 18.0. The van der Waals surface area contributed by atoms with E-state index < -0.39 is 0 Å². The lowest BCUT2D eigenvalue weighted by Crippen LogP contribution is -2.43. The van der Waals surface area contributed by atoms with Crippen LogP contribution in [0.5, 0.6) is 0 Å². The van der Waals surface area contributed by atoms with Crippen LogP contribution in [0.25, 0.3) is 0 Å². The Morgan fingerprint density at radius 1 is 1.10 bits per heavy atom. The van der Waals surface area contributed by atoms with Gasteiger partial charge in [0.1, 0.15) is 0 Å². The molecule has 1 saturated carbocycles. The van der Waals surface area contributed by atoms with Gasteiger partial charge in [0.05, 0.1) is 0 Å². The first-order valence-electron chi connectivity index (χ1n) is 9.11. The topological polar surface area (TPSA) is 12.0 Å². The monoisotopic (exact) mass is 281 g/mol. The van der Waals surface area contributed by atoms with Crippen LogP contribution in [0.3, 0.4) is 0 Å². The SMILES string of the molecule is CCCNC1CCC(C(C)(C)C)CC1CC(C)CCC. The molecule has 4 unspecified atom stereocenters. The van der Waals surface area contributed by atoms with E-state index >= 15 is 0 Å². The maximum Gasteiger partial charge on any atom is 0.00956 e. The van der Waals surface area contributed by atoms with Gasteiger partial charge in [-0.3, -0.25) is 0 Å². The average Bonchev–Trinajstić information content (AvgIpc) is 2.36. The van der Waals surface area contributed by atoms with E-state index in [1.807, 2.05) is 0 Å². The molecule has 0 aliphatic heterocycles. The molecule has 20 heavy (non-hydrogen) atoms. The van der Waals surface area contributed by atoms with Gasteiger partial charge in [-0.25, -0.2) is 0 Å². The molecule has 0 bridgehead atoms. The Balaban J connectivity index is 2.62. The molecule has 0 radical (unpaired) electrons. The summed E-state index contributed by atoms with van der Waals surface area (Å²) in [6.45, 7) is 15.6. The van der Waals surface area contributed by atoms with E-state index in [-0.39, 0.29) is 0 Å². The number of nitrogens with one attached hydrogen (secondary N) is 1. The van der Waals surface area contributed by atoms with Crippen LogP contribution in [-0.2, 0) is 0 Å². The van der Waals surface area contributed by atoms with Gasteiger partial charge in [0.2, 0.25) is 0 Å². The van der Waals surface area contributed by atoms with E-state index in [4.69, 9.17) is 0 Å². The molecule has 0 spiro atoms. The molecule has 0 amide bonds. The molecule has 1 nitrogen and oxygen atoms in total. The summed E-state index contributed by atoms with van der Waals surface area (Å²) in [4.78, 5) is 0. The second-order valence-corrected chi connectivity index (χ2v) is 8.33. The summed E-state index contributed by atoms with van der Waals surface area (Å²) in [7, 11) is 0. The van der Waals surface area contributed by atoms with Crippen molar-refractivity contribution < 1.29 is 0 Å². The second-order valence-electron chi connectivity index (χ2n) is 8.33. The van der Waals surface area contributed by atoms with Crippen molar-refractivity contribution in [3.05, 3.63) is 0 Å². The van der Waals surface area contributed by atoms with Crippen molar-refractivity contribution in [3.63, 3.8) is 0 Å². The van der Waals surface area contributed by atoms with Crippen LogP contribution < -0.4 is 5.32 Å². The summed E-state index contributed by atoms with van der Waals surface area (Å²) < 4.78 is 0.